The van der Waals surface area contributed by atoms with E-state index in [9.17, 15) is 13.2 Å². The van der Waals surface area contributed by atoms with Crippen molar-refractivity contribution in [2.45, 2.75) is 4.90 Å². The minimum atomic E-state index is -3.40. The van der Waals surface area contributed by atoms with E-state index in [0.717, 1.165) is 17.5 Å². The number of hydrogen-bond acceptors (Lipinski definition) is 5. The van der Waals surface area contributed by atoms with E-state index in [1.165, 1.54) is 28.4 Å². The predicted octanol–water partition coefficient (Wildman–Crippen LogP) is 4.05. The molecule has 0 aliphatic carbocycles. The van der Waals surface area contributed by atoms with Crippen LogP contribution in [0.1, 0.15) is 10.4 Å². The number of carbonyl (C=O) groups is 1. The van der Waals surface area contributed by atoms with Gasteiger partial charge >= 0.3 is 0 Å². The quantitative estimate of drug-likeness (QED) is 0.588. The number of amides is 1. The van der Waals surface area contributed by atoms with Gasteiger partial charge in [0.15, 0.2) is 15.0 Å². The minimum Gasteiger partial charge on any atom is -0.280 e. The van der Waals surface area contributed by atoms with Crippen LogP contribution in [-0.2, 0) is 9.84 Å². The zero-order chi connectivity index (χ0) is 19.4. The van der Waals surface area contributed by atoms with Crippen molar-refractivity contribution >= 4 is 32.2 Å². The molecule has 1 heterocycles. The number of rotatable bonds is 6. The molecule has 7 heteroatoms. The van der Waals surface area contributed by atoms with Gasteiger partial charge in [0, 0.05) is 29.3 Å². The van der Waals surface area contributed by atoms with Crippen LogP contribution in [0.3, 0.4) is 0 Å². The molecule has 138 valence electrons. The summed E-state index contributed by atoms with van der Waals surface area (Å²) in [5.74, 6) is -0.325. The van der Waals surface area contributed by atoms with Crippen molar-refractivity contribution in [2.75, 3.05) is 17.7 Å². The van der Waals surface area contributed by atoms with Crippen molar-refractivity contribution in [2.24, 2.45) is 0 Å². The molecule has 0 atom stereocenters. The molecule has 0 bridgehead atoms. The third-order valence-electron chi connectivity index (χ3n) is 3.86. The highest BCUT2D eigenvalue weighted by Crippen LogP contribution is 2.28. The fraction of sp³-hybridized carbons (Fsp3) is 0.100. The normalized spacial score (nSPS) is 11.1. The van der Waals surface area contributed by atoms with Crippen molar-refractivity contribution in [3.8, 4) is 11.3 Å². The van der Waals surface area contributed by atoms with Gasteiger partial charge in [-0.1, -0.05) is 42.5 Å². The fourth-order valence-corrected chi connectivity index (χ4v) is 4.03. The van der Waals surface area contributed by atoms with E-state index < -0.39 is 9.84 Å². The largest absolute Gasteiger partial charge is 0.280 e. The van der Waals surface area contributed by atoms with Gasteiger partial charge in [0.1, 0.15) is 0 Å². The van der Waals surface area contributed by atoms with Crippen LogP contribution in [0.4, 0.5) is 5.13 Å². The van der Waals surface area contributed by atoms with Crippen molar-refractivity contribution in [1.82, 2.24) is 4.98 Å². The zero-order valence-electron chi connectivity index (χ0n) is 14.7. The lowest BCUT2D eigenvalue weighted by Gasteiger charge is -2.18. The van der Waals surface area contributed by atoms with Gasteiger partial charge in [-0.25, -0.2) is 13.4 Å². The van der Waals surface area contributed by atoms with Crippen LogP contribution in [0.2, 0.25) is 0 Å². The van der Waals surface area contributed by atoms with E-state index in [4.69, 9.17) is 0 Å². The molecule has 1 aromatic heterocycles. The van der Waals surface area contributed by atoms with E-state index in [2.05, 4.69) is 11.6 Å². The molecule has 0 aliphatic heterocycles. The Labute approximate surface area is 162 Å². The monoisotopic (exact) mass is 398 g/mol. The van der Waals surface area contributed by atoms with Gasteiger partial charge in [-0.05, 0) is 18.2 Å². The number of benzene rings is 2. The number of sulfone groups is 1. The first-order chi connectivity index (χ1) is 12.9. The second kappa shape index (κ2) is 7.85. The summed E-state index contributed by atoms with van der Waals surface area (Å²) in [5.41, 5.74) is 2.03. The average molecular weight is 399 g/mol. The number of anilines is 1. The van der Waals surface area contributed by atoms with Crippen molar-refractivity contribution < 1.29 is 13.2 Å². The van der Waals surface area contributed by atoms with Crippen LogP contribution in [0.15, 0.2) is 77.5 Å². The summed E-state index contributed by atoms with van der Waals surface area (Å²) in [5, 5.41) is 2.42. The van der Waals surface area contributed by atoms with Crippen molar-refractivity contribution in [3.63, 3.8) is 0 Å². The topological polar surface area (TPSA) is 67.3 Å². The average Bonchev–Trinajstić information content (AvgIpc) is 3.15. The first-order valence-corrected chi connectivity index (χ1v) is 10.9. The lowest BCUT2D eigenvalue weighted by Crippen LogP contribution is -2.31. The van der Waals surface area contributed by atoms with Crippen LogP contribution in [0.25, 0.3) is 11.3 Å². The number of aromatic nitrogens is 1. The van der Waals surface area contributed by atoms with E-state index in [-0.39, 0.29) is 22.9 Å². The van der Waals surface area contributed by atoms with Crippen LogP contribution in [-0.4, -0.2) is 32.1 Å². The Morgan fingerprint density at radius 2 is 1.93 bits per heavy atom. The second-order valence-corrected chi connectivity index (χ2v) is 8.74. The van der Waals surface area contributed by atoms with Crippen LogP contribution in [0, 0.1) is 0 Å². The summed E-state index contributed by atoms with van der Waals surface area (Å²) in [6.07, 6.45) is 2.73. The van der Waals surface area contributed by atoms with Gasteiger partial charge in [0.2, 0.25) is 0 Å². The Bertz CT molecular complexity index is 1070. The van der Waals surface area contributed by atoms with Gasteiger partial charge in [-0.15, -0.1) is 17.9 Å². The van der Waals surface area contributed by atoms with E-state index in [1.54, 1.807) is 18.2 Å². The molecule has 0 fully saturated rings. The highest BCUT2D eigenvalue weighted by Gasteiger charge is 2.21. The van der Waals surface area contributed by atoms with Gasteiger partial charge in [-0.2, -0.15) is 0 Å². The summed E-state index contributed by atoms with van der Waals surface area (Å²) < 4.78 is 23.6. The SMILES string of the molecule is C=CCN(C(=O)c1cccc(S(C)(=O)=O)c1)c1nc(-c2ccccc2)cs1. The molecule has 0 saturated heterocycles. The Kier molecular flexibility index (Phi) is 5.53. The first kappa shape index (κ1) is 19.0. The number of carbonyl (C=O) groups excluding carboxylic acids is 1. The molecular weight excluding hydrogens is 380 g/mol. The lowest BCUT2D eigenvalue weighted by atomic mass is 10.2. The maximum atomic E-state index is 13.0. The van der Waals surface area contributed by atoms with Crippen LogP contribution >= 0.6 is 11.3 Å². The maximum absolute atomic E-state index is 13.0. The molecule has 0 unspecified atom stereocenters. The third kappa shape index (κ3) is 4.32. The molecule has 5 nitrogen and oxygen atoms in total. The molecule has 0 radical (unpaired) electrons. The molecule has 0 spiro atoms. The van der Waals surface area contributed by atoms with E-state index in [1.807, 2.05) is 35.7 Å². The van der Waals surface area contributed by atoms with Crippen LogP contribution in [0.5, 0.6) is 0 Å². The summed E-state index contributed by atoms with van der Waals surface area (Å²) in [6.45, 7) is 3.98. The predicted molar refractivity (Wildman–Crippen MR) is 109 cm³/mol. The van der Waals surface area contributed by atoms with E-state index >= 15 is 0 Å². The van der Waals surface area contributed by atoms with Gasteiger partial charge in [0.05, 0.1) is 10.6 Å². The number of thiazole rings is 1. The third-order valence-corrected chi connectivity index (χ3v) is 5.83. The molecule has 0 saturated carbocycles. The Balaban J connectivity index is 1.96. The fourth-order valence-electron chi connectivity index (χ4n) is 2.52. The molecule has 3 aromatic rings. The summed E-state index contributed by atoms with van der Waals surface area (Å²) in [4.78, 5) is 19.2. The molecular formula is C20H18N2O3S2. The number of nitrogens with zero attached hydrogens (tertiary/aromatic N) is 2. The molecule has 2 aromatic carbocycles. The molecule has 0 aliphatic rings. The molecule has 1 amide bonds. The highest BCUT2D eigenvalue weighted by atomic mass is 32.2. The first-order valence-electron chi connectivity index (χ1n) is 8.14. The Morgan fingerprint density at radius 1 is 1.19 bits per heavy atom. The van der Waals surface area contributed by atoms with E-state index in [0.29, 0.717) is 5.13 Å². The summed E-state index contributed by atoms with van der Waals surface area (Å²) in [7, 11) is -3.40. The lowest BCUT2D eigenvalue weighted by molar-refractivity contribution is 0.0989. The standard InChI is InChI=1S/C20H18N2O3S2/c1-3-12-22(19(23)16-10-7-11-17(13-16)27(2,24)25)20-21-18(14-26-20)15-8-5-4-6-9-15/h3-11,13-14H,1,12H2,2H3. The number of hydrogen-bond donors (Lipinski definition) is 0. The van der Waals surface area contributed by atoms with Crippen LogP contribution < -0.4 is 4.90 Å². The summed E-state index contributed by atoms with van der Waals surface area (Å²) >= 11 is 1.35. The smallest absolute Gasteiger partial charge is 0.260 e. The Hall–Kier alpha value is -2.77. The van der Waals surface area contributed by atoms with Gasteiger partial charge < -0.3 is 0 Å². The minimum absolute atomic E-state index is 0.107. The maximum Gasteiger partial charge on any atom is 0.260 e. The summed E-state index contributed by atoms with van der Waals surface area (Å²) in [6, 6.07) is 15.7. The van der Waals surface area contributed by atoms with Gasteiger partial charge in [0.25, 0.3) is 5.91 Å². The second-order valence-electron chi connectivity index (χ2n) is 5.89. The molecule has 0 N–H and O–H groups in total. The zero-order valence-corrected chi connectivity index (χ0v) is 16.3. The van der Waals surface area contributed by atoms with Gasteiger partial charge in [-0.3, -0.25) is 9.69 Å². The molecule has 3 rings (SSSR count). The highest BCUT2D eigenvalue weighted by molar-refractivity contribution is 7.90. The van der Waals surface area contributed by atoms with Crippen molar-refractivity contribution in [3.05, 3.63) is 78.2 Å². The van der Waals surface area contributed by atoms with Crippen molar-refractivity contribution in [1.29, 1.82) is 0 Å². The molecule has 27 heavy (non-hydrogen) atoms. The Morgan fingerprint density at radius 3 is 2.59 bits per heavy atom.